The van der Waals surface area contributed by atoms with E-state index < -0.39 is 0 Å². The van der Waals surface area contributed by atoms with E-state index in [0.29, 0.717) is 29.1 Å². The van der Waals surface area contributed by atoms with E-state index in [1.807, 2.05) is 60.8 Å². The Morgan fingerprint density at radius 3 is 2.43 bits per heavy atom. The number of Topliss-reactive ketones (excluding diaryl/α,β-unsaturated/α-hetero) is 1. The SMILES string of the molecule is CC(=O)c1ccc2[nH]cc(CCNC(=O)c3ccc(-c4ccccc4Cl)cc3)c2c1. The minimum atomic E-state index is -0.120. The van der Waals surface area contributed by atoms with E-state index in [4.69, 9.17) is 11.6 Å². The van der Waals surface area contributed by atoms with Gasteiger partial charge in [-0.05, 0) is 60.9 Å². The largest absolute Gasteiger partial charge is 0.361 e. The molecule has 0 atom stereocenters. The molecular weight excluding hydrogens is 396 g/mol. The van der Waals surface area contributed by atoms with Crippen molar-refractivity contribution >= 4 is 34.2 Å². The Kier molecular flexibility index (Phi) is 5.68. The number of fused-ring (bicyclic) bond motifs is 1. The van der Waals surface area contributed by atoms with Crippen molar-refractivity contribution < 1.29 is 9.59 Å². The minimum absolute atomic E-state index is 0.0394. The van der Waals surface area contributed by atoms with Crippen LogP contribution in [0.4, 0.5) is 0 Å². The summed E-state index contributed by atoms with van der Waals surface area (Å²) in [4.78, 5) is 27.4. The fourth-order valence-electron chi connectivity index (χ4n) is 3.51. The average molecular weight is 417 g/mol. The summed E-state index contributed by atoms with van der Waals surface area (Å²) in [6.07, 6.45) is 2.60. The van der Waals surface area contributed by atoms with Crippen LogP contribution >= 0.6 is 11.6 Å². The molecule has 0 aliphatic heterocycles. The first kappa shape index (κ1) is 19.9. The second-order valence-corrected chi connectivity index (χ2v) is 7.60. The predicted octanol–water partition coefficient (Wildman–Crippen LogP) is 5.66. The number of aromatic nitrogens is 1. The van der Waals surface area contributed by atoms with Crippen molar-refractivity contribution in [2.45, 2.75) is 13.3 Å². The maximum atomic E-state index is 12.5. The van der Waals surface area contributed by atoms with E-state index in [1.165, 1.54) is 0 Å². The summed E-state index contributed by atoms with van der Waals surface area (Å²) >= 11 is 6.25. The van der Waals surface area contributed by atoms with Gasteiger partial charge >= 0.3 is 0 Å². The lowest BCUT2D eigenvalue weighted by atomic mass is 10.0. The highest BCUT2D eigenvalue weighted by molar-refractivity contribution is 6.33. The zero-order chi connectivity index (χ0) is 21.1. The molecular formula is C25H21ClN2O2. The van der Waals surface area contributed by atoms with Gasteiger partial charge in [-0.3, -0.25) is 9.59 Å². The topological polar surface area (TPSA) is 62.0 Å². The van der Waals surface area contributed by atoms with Crippen molar-refractivity contribution in [3.05, 3.63) is 94.6 Å². The molecule has 0 unspecified atom stereocenters. The number of halogens is 1. The average Bonchev–Trinajstić information content (AvgIpc) is 3.16. The number of nitrogens with one attached hydrogen (secondary N) is 2. The molecule has 0 saturated carbocycles. The lowest BCUT2D eigenvalue weighted by molar-refractivity contribution is 0.0953. The number of hydrogen-bond acceptors (Lipinski definition) is 2. The summed E-state index contributed by atoms with van der Waals surface area (Å²) < 4.78 is 0. The normalized spacial score (nSPS) is 10.9. The molecule has 150 valence electrons. The Bertz CT molecular complexity index is 1230. The third-order valence-corrected chi connectivity index (χ3v) is 5.52. The van der Waals surface area contributed by atoms with Gasteiger partial charge in [-0.15, -0.1) is 0 Å². The van der Waals surface area contributed by atoms with Gasteiger partial charge in [0.05, 0.1) is 0 Å². The number of ketones is 1. The van der Waals surface area contributed by atoms with Crippen molar-refractivity contribution in [1.29, 1.82) is 0 Å². The highest BCUT2D eigenvalue weighted by atomic mass is 35.5. The van der Waals surface area contributed by atoms with Crippen LogP contribution in [0.3, 0.4) is 0 Å². The summed E-state index contributed by atoms with van der Waals surface area (Å²) in [5, 5.41) is 4.66. The summed E-state index contributed by atoms with van der Waals surface area (Å²) in [7, 11) is 0. The highest BCUT2D eigenvalue weighted by Crippen LogP contribution is 2.27. The van der Waals surface area contributed by atoms with Gasteiger partial charge in [0.1, 0.15) is 0 Å². The Balaban J connectivity index is 1.40. The quantitative estimate of drug-likeness (QED) is 0.398. The Hall–Kier alpha value is -3.37. The number of hydrogen-bond donors (Lipinski definition) is 2. The number of carbonyl (C=O) groups is 2. The summed E-state index contributed by atoms with van der Waals surface area (Å²) in [5.74, 6) is -0.0810. The third-order valence-electron chi connectivity index (χ3n) is 5.19. The van der Waals surface area contributed by atoms with E-state index >= 15 is 0 Å². The smallest absolute Gasteiger partial charge is 0.251 e. The Labute approximate surface area is 179 Å². The summed E-state index contributed by atoms with van der Waals surface area (Å²) in [6.45, 7) is 2.06. The zero-order valence-corrected chi connectivity index (χ0v) is 17.3. The van der Waals surface area contributed by atoms with Gasteiger partial charge in [-0.2, -0.15) is 0 Å². The Morgan fingerprint density at radius 2 is 1.70 bits per heavy atom. The maximum Gasteiger partial charge on any atom is 0.251 e. The van der Waals surface area contributed by atoms with Crippen LogP contribution < -0.4 is 5.32 Å². The summed E-state index contributed by atoms with van der Waals surface area (Å²) in [6, 6.07) is 20.7. The summed E-state index contributed by atoms with van der Waals surface area (Å²) in [5.41, 5.74) is 5.25. The standard InChI is InChI=1S/C25H21ClN2O2/c1-16(29)19-10-11-24-22(14-19)20(15-28-24)12-13-27-25(30)18-8-6-17(7-9-18)21-4-2-3-5-23(21)26/h2-11,14-15,28H,12-13H2,1H3,(H,27,30). The van der Waals surface area contributed by atoms with E-state index in [2.05, 4.69) is 10.3 Å². The molecule has 1 heterocycles. The van der Waals surface area contributed by atoms with Gasteiger partial charge in [-0.25, -0.2) is 0 Å². The van der Waals surface area contributed by atoms with E-state index in [0.717, 1.165) is 27.6 Å². The van der Waals surface area contributed by atoms with Crippen molar-refractivity contribution in [3.8, 4) is 11.1 Å². The minimum Gasteiger partial charge on any atom is -0.361 e. The monoisotopic (exact) mass is 416 g/mol. The third kappa shape index (κ3) is 4.14. The number of amides is 1. The first-order valence-electron chi connectivity index (χ1n) is 9.77. The van der Waals surface area contributed by atoms with E-state index in [1.54, 1.807) is 19.1 Å². The van der Waals surface area contributed by atoms with Crippen LogP contribution in [0.2, 0.25) is 5.02 Å². The number of aromatic amines is 1. The molecule has 0 radical (unpaired) electrons. The molecule has 0 saturated heterocycles. The van der Waals surface area contributed by atoms with Gasteiger partial charge < -0.3 is 10.3 Å². The molecule has 0 spiro atoms. The van der Waals surface area contributed by atoms with Gasteiger partial charge in [0.25, 0.3) is 5.91 Å². The fourth-order valence-corrected chi connectivity index (χ4v) is 3.76. The molecule has 3 aromatic carbocycles. The van der Waals surface area contributed by atoms with Crippen LogP contribution in [-0.2, 0) is 6.42 Å². The van der Waals surface area contributed by atoms with Crippen LogP contribution in [0.25, 0.3) is 22.0 Å². The second kappa shape index (κ2) is 8.56. The predicted molar refractivity (Wildman–Crippen MR) is 121 cm³/mol. The van der Waals surface area contributed by atoms with Gasteiger partial charge in [0.2, 0.25) is 0 Å². The molecule has 30 heavy (non-hydrogen) atoms. The number of benzene rings is 3. The molecule has 4 rings (SSSR count). The molecule has 0 fully saturated rings. The van der Waals surface area contributed by atoms with Crippen molar-refractivity contribution in [2.24, 2.45) is 0 Å². The Morgan fingerprint density at radius 1 is 0.967 bits per heavy atom. The number of H-pyrrole nitrogens is 1. The lowest BCUT2D eigenvalue weighted by Crippen LogP contribution is -2.25. The van der Waals surface area contributed by atoms with Gasteiger partial charge in [0.15, 0.2) is 5.78 Å². The second-order valence-electron chi connectivity index (χ2n) is 7.19. The molecule has 1 amide bonds. The van der Waals surface area contributed by atoms with E-state index in [9.17, 15) is 9.59 Å². The molecule has 0 bridgehead atoms. The number of rotatable bonds is 6. The maximum absolute atomic E-state index is 12.5. The highest BCUT2D eigenvalue weighted by Gasteiger charge is 2.10. The van der Waals surface area contributed by atoms with Crippen LogP contribution in [0.15, 0.2) is 72.9 Å². The van der Waals surface area contributed by atoms with Crippen molar-refractivity contribution in [3.63, 3.8) is 0 Å². The fraction of sp³-hybridized carbons (Fsp3) is 0.120. The first-order chi connectivity index (χ1) is 14.5. The van der Waals surface area contributed by atoms with E-state index in [-0.39, 0.29) is 11.7 Å². The molecule has 5 heteroatoms. The number of carbonyl (C=O) groups excluding carboxylic acids is 2. The van der Waals surface area contributed by atoms with Crippen LogP contribution in [-0.4, -0.2) is 23.2 Å². The van der Waals surface area contributed by atoms with Crippen molar-refractivity contribution in [1.82, 2.24) is 10.3 Å². The van der Waals surface area contributed by atoms with Gasteiger partial charge in [0, 0.05) is 45.4 Å². The van der Waals surface area contributed by atoms with Crippen LogP contribution in [0.1, 0.15) is 33.2 Å². The molecule has 1 aromatic heterocycles. The molecule has 0 aliphatic rings. The molecule has 2 N–H and O–H groups in total. The van der Waals surface area contributed by atoms with Crippen molar-refractivity contribution in [2.75, 3.05) is 6.54 Å². The zero-order valence-electron chi connectivity index (χ0n) is 16.5. The molecule has 4 nitrogen and oxygen atoms in total. The van der Waals surface area contributed by atoms with Crippen LogP contribution in [0, 0.1) is 0 Å². The molecule has 4 aromatic rings. The lowest BCUT2D eigenvalue weighted by Gasteiger charge is -2.08. The van der Waals surface area contributed by atoms with Crippen LogP contribution in [0.5, 0.6) is 0 Å². The van der Waals surface area contributed by atoms with Gasteiger partial charge in [-0.1, -0.05) is 41.9 Å². The first-order valence-corrected chi connectivity index (χ1v) is 10.1. The molecule has 0 aliphatic carbocycles.